The van der Waals surface area contributed by atoms with Crippen molar-refractivity contribution in [2.75, 3.05) is 20.1 Å². The number of aromatic nitrogens is 6. The molecule has 3 aromatic heterocycles. The Labute approximate surface area is 253 Å². The minimum atomic E-state index is -1.23. The zero-order chi connectivity index (χ0) is 30.3. The fourth-order valence-electron chi connectivity index (χ4n) is 7.17. The first-order valence-electron chi connectivity index (χ1n) is 14.8. The van der Waals surface area contributed by atoms with Crippen LogP contribution >= 0.6 is 0 Å². The average molecular weight is 592 g/mol. The van der Waals surface area contributed by atoms with Crippen LogP contribution in [0.15, 0.2) is 83.9 Å². The van der Waals surface area contributed by atoms with Crippen LogP contribution in [0.3, 0.4) is 0 Å². The molecule has 4 heterocycles. The number of tetrazole rings is 1. The van der Waals surface area contributed by atoms with Crippen molar-refractivity contribution in [1.82, 2.24) is 40.4 Å². The molecule has 2 aromatic carbocycles. The Morgan fingerprint density at radius 2 is 1.82 bits per heavy atom. The van der Waals surface area contributed by atoms with Gasteiger partial charge in [-0.3, -0.25) is 14.6 Å². The molecule has 12 nitrogen and oxygen atoms in total. The van der Waals surface area contributed by atoms with Crippen molar-refractivity contribution in [3.05, 3.63) is 102 Å². The summed E-state index contributed by atoms with van der Waals surface area (Å²) in [4.78, 5) is 40.1. The number of nitrogens with two attached hydrogens (primary N) is 1. The molecular formula is C32H33N9O3. The van der Waals surface area contributed by atoms with E-state index in [0.717, 1.165) is 24.0 Å². The van der Waals surface area contributed by atoms with Crippen LogP contribution in [-0.4, -0.2) is 67.0 Å². The predicted octanol–water partition coefficient (Wildman–Crippen LogP) is 2.52. The fourth-order valence-corrected chi connectivity index (χ4v) is 7.17. The molecule has 44 heavy (non-hydrogen) atoms. The highest BCUT2D eigenvalue weighted by atomic mass is 16.3. The maximum atomic E-state index is 14.7. The number of benzene rings is 2. The summed E-state index contributed by atoms with van der Waals surface area (Å²) in [7, 11) is 1.85. The number of nitrogens with one attached hydrogen (secondary N) is 1. The van der Waals surface area contributed by atoms with E-state index in [1.165, 1.54) is 6.39 Å². The van der Waals surface area contributed by atoms with Crippen LogP contribution in [-0.2, 0) is 27.0 Å². The van der Waals surface area contributed by atoms with E-state index in [-0.39, 0.29) is 24.3 Å². The highest BCUT2D eigenvalue weighted by Gasteiger charge is 2.77. The Hall–Kier alpha value is -4.97. The number of oxazole rings is 1. The third kappa shape index (κ3) is 4.36. The van der Waals surface area contributed by atoms with Gasteiger partial charge >= 0.3 is 0 Å². The third-order valence-corrected chi connectivity index (χ3v) is 9.38. The number of carbonyl (C=O) groups is 2. The Balaban J connectivity index is 1.20. The summed E-state index contributed by atoms with van der Waals surface area (Å²) in [6.45, 7) is 1.57. The summed E-state index contributed by atoms with van der Waals surface area (Å²) in [5, 5.41) is 16.4. The molecule has 5 aromatic rings. The van der Waals surface area contributed by atoms with Crippen LogP contribution in [0.25, 0.3) is 11.1 Å². The SMILES string of the molecule is CNCc1nnn(C(c2ccccc2)C2CCN(C(=O)C3(c4ccncc4)CC3(C(N)=O)c3ccc4ocnc4c3)CC2)n1. The van der Waals surface area contributed by atoms with Crippen molar-refractivity contribution in [3.8, 4) is 0 Å². The summed E-state index contributed by atoms with van der Waals surface area (Å²) in [6, 6.07) is 19.1. The molecule has 1 saturated carbocycles. The van der Waals surface area contributed by atoms with Gasteiger partial charge in [0.2, 0.25) is 11.8 Å². The highest BCUT2D eigenvalue weighted by Crippen LogP contribution is 2.66. The molecule has 2 fully saturated rings. The smallest absolute Gasteiger partial charge is 0.234 e. The number of hydrogen-bond donors (Lipinski definition) is 2. The van der Waals surface area contributed by atoms with Gasteiger partial charge in [-0.1, -0.05) is 36.4 Å². The van der Waals surface area contributed by atoms with Gasteiger partial charge in [0.1, 0.15) is 11.6 Å². The lowest BCUT2D eigenvalue weighted by Gasteiger charge is -2.38. The van der Waals surface area contributed by atoms with Gasteiger partial charge in [0.05, 0.1) is 17.4 Å². The lowest BCUT2D eigenvalue weighted by Crippen LogP contribution is -2.49. The molecule has 0 bridgehead atoms. The van der Waals surface area contributed by atoms with E-state index in [0.29, 0.717) is 42.1 Å². The number of piperidine rings is 1. The van der Waals surface area contributed by atoms with Crippen molar-refractivity contribution in [2.24, 2.45) is 11.7 Å². The molecular weight excluding hydrogens is 558 g/mol. The van der Waals surface area contributed by atoms with Crippen LogP contribution in [0.2, 0.25) is 0 Å². The van der Waals surface area contributed by atoms with E-state index in [2.05, 4.69) is 42.8 Å². The van der Waals surface area contributed by atoms with E-state index in [1.807, 2.05) is 54.4 Å². The standard InChI is InChI=1S/C32H33N9O3/c1-34-18-27-37-39-41(38-27)28(21-5-3-2-4-6-21)22-11-15-40(16-12-22)30(43)32(23-9-13-35-14-10-23)19-31(32,29(33)42)24-7-8-26-25(17-24)36-20-44-26/h2-10,13-14,17,20,22,28,34H,11-12,15-16,18-19H2,1H3,(H2,33,42). The molecule has 3 unspecified atom stereocenters. The van der Waals surface area contributed by atoms with Gasteiger partial charge in [-0.05, 0) is 78.4 Å². The summed E-state index contributed by atoms with van der Waals surface area (Å²) >= 11 is 0. The van der Waals surface area contributed by atoms with Gasteiger partial charge in [0, 0.05) is 25.5 Å². The predicted molar refractivity (Wildman–Crippen MR) is 160 cm³/mol. The number of pyridine rings is 1. The molecule has 2 aliphatic rings. The zero-order valence-corrected chi connectivity index (χ0v) is 24.3. The lowest BCUT2D eigenvalue weighted by molar-refractivity contribution is -0.138. The normalized spacial score (nSPS) is 22.6. The van der Waals surface area contributed by atoms with E-state index < -0.39 is 16.7 Å². The molecule has 3 atom stereocenters. The van der Waals surface area contributed by atoms with Gasteiger partial charge in [0.25, 0.3) is 0 Å². The summed E-state index contributed by atoms with van der Waals surface area (Å²) in [5.41, 5.74) is 7.49. The highest BCUT2D eigenvalue weighted by molar-refractivity contribution is 6.07. The summed E-state index contributed by atoms with van der Waals surface area (Å²) in [5.74, 6) is 0.150. The number of fused-ring (bicyclic) bond motifs is 1. The fraction of sp³-hybridized carbons (Fsp3) is 0.344. The molecule has 224 valence electrons. The number of amides is 2. The quantitative estimate of drug-likeness (QED) is 0.263. The first-order valence-corrected chi connectivity index (χ1v) is 14.8. The number of carbonyl (C=O) groups excluding carboxylic acids is 2. The minimum absolute atomic E-state index is 0.104. The Kier molecular flexibility index (Phi) is 6.92. The zero-order valence-electron chi connectivity index (χ0n) is 24.3. The monoisotopic (exact) mass is 591 g/mol. The van der Waals surface area contributed by atoms with E-state index >= 15 is 0 Å². The molecule has 12 heteroatoms. The largest absolute Gasteiger partial charge is 0.443 e. The lowest BCUT2D eigenvalue weighted by atomic mass is 9.79. The van der Waals surface area contributed by atoms with Crippen LogP contribution in [0.5, 0.6) is 0 Å². The first-order chi connectivity index (χ1) is 21.5. The van der Waals surface area contributed by atoms with Crippen LogP contribution in [0.1, 0.15) is 47.8 Å². The van der Waals surface area contributed by atoms with Crippen molar-refractivity contribution < 1.29 is 14.0 Å². The van der Waals surface area contributed by atoms with Crippen molar-refractivity contribution in [3.63, 3.8) is 0 Å². The Morgan fingerprint density at radius 3 is 2.55 bits per heavy atom. The molecule has 0 radical (unpaired) electrons. The second-order valence-electron chi connectivity index (χ2n) is 11.7. The van der Waals surface area contributed by atoms with Gasteiger partial charge in [-0.15, -0.1) is 10.2 Å². The van der Waals surface area contributed by atoms with Gasteiger partial charge < -0.3 is 20.4 Å². The number of likely N-dealkylation sites (tertiary alicyclic amines) is 1. The van der Waals surface area contributed by atoms with E-state index in [1.54, 1.807) is 23.3 Å². The van der Waals surface area contributed by atoms with Gasteiger partial charge in [0.15, 0.2) is 17.8 Å². The van der Waals surface area contributed by atoms with Crippen molar-refractivity contribution >= 4 is 22.9 Å². The minimum Gasteiger partial charge on any atom is -0.443 e. The maximum absolute atomic E-state index is 14.7. The van der Waals surface area contributed by atoms with E-state index in [4.69, 9.17) is 10.2 Å². The number of primary amides is 1. The van der Waals surface area contributed by atoms with Gasteiger partial charge in [-0.25, -0.2) is 4.98 Å². The van der Waals surface area contributed by atoms with Crippen molar-refractivity contribution in [2.45, 2.75) is 42.7 Å². The maximum Gasteiger partial charge on any atom is 0.234 e. The summed E-state index contributed by atoms with van der Waals surface area (Å²) < 4.78 is 5.42. The molecule has 1 aliphatic heterocycles. The molecule has 1 aliphatic carbocycles. The second-order valence-corrected chi connectivity index (χ2v) is 11.7. The van der Waals surface area contributed by atoms with Crippen LogP contribution in [0, 0.1) is 5.92 Å². The first kappa shape index (κ1) is 27.8. The Morgan fingerprint density at radius 1 is 1.05 bits per heavy atom. The second kappa shape index (κ2) is 10.9. The van der Waals surface area contributed by atoms with Crippen LogP contribution < -0.4 is 11.1 Å². The molecule has 2 amide bonds. The summed E-state index contributed by atoms with van der Waals surface area (Å²) in [6.07, 6.45) is 6.40. The molecule has 7 rings (SSSR count). The van der Waals surface area contributed by atoms with Crippen molar-refractivity contribution in [1.29, 1.82) is 0 Å². The van der Waals surface area contributed by atoms with Crippen LogP contribution in [0.4, 0.5) is 0 Å². The van der Waals surface area contributed by atoms with Gasteiger partial charge in [-0.2, -0.15) is 4.80 Å². The number of hydrogen-bond acceptors (Lipinski definition) is 9. The third-order valence-electron chi connectivity index (χ3n) is 9.38. The molecule has 0 spiro atoms. The molecule has 3 N–H and O–H groups in total. The Bertz CT molecular complexity index is 1800. The molecule has 1 saturated heterocycles. The number of nitrogens with zero attached hydrogens (tertiary/aromatic N) is 7. The topological polar surface area (TPSA) is 158 Å². The van der Waals surface area contributed by atoms with E-state index in [9.17, 15) is 9.59 Å². The average Bonchev–Trinajstić information content (AvgIpc) is 3.29. The number of rotatable bonds is 9.